The Kier molecular flexibility index (Phi) is 5.10. The topological polar surface area (TPSA) is 0 Å². The molecule has 1 heteroatoms. The van der Waals surface area contributed by atoms with Gasteiger partial charge in [-0.2, -0.15) is 30.3 Å². The third-order valence-corrected chi connectivity index (χ3v) is 3.21. The van der Waals surface area contributed by atoms with Gasteiger partial charge in [0.25, 0.3) is 0 Å². The van der Waals surface area contributed by atoms with Crippen molar-refractivity contribution in [3.05, 3.63) is 71.3 Å². The summed E-state index contributed by atoms with van der Waals surface area (Å²) in [6.07, 6.45) is 0. The van der Waals surface area contributed by atoms with Crippen LogP contribution in [0.5, 0.6) is 0 Å². The fraction of sp³-hybridized carbons (Fsp3) is 0.250. The first kappa shape index (κ1) is 14.6. The molecule has 0 spiro atoms. The van der Waals surface area contributed by atoms with Crippen LogP contribution in [0.2, 0.25) is 0 Å². The second-order valence-corrected chi connectivity index (χ2v) is 4.78. The van der Waals surface area contributed by atoms with Crippen molar-refractivity contribution in [1.29, 1.82) is 0 Å². The average molecular weight is 298 g/mol. The van der Waals surface area contributed by atoms with Gasteiger partial charge in [0, 0.05) is 32.7 Å². The molecule has 2 aromatic rings. The maximum atomic E-state index is 3.07. The van der Waals surface area contributed by atoms with Gasteiger partial charge in [0.15, 0.2) is 0 Å². The number of benzene rings is 2. The van der Waals surface area contributed by atoms with Crippen LogP contribution in [0.3, 0.4) is 0 Å². The molecular weight excluding hydrogens is 281 g/mol. The van der Waals surface area contributed by atoms with E-state index in [4.69, 9.17) is 0 Å². The Morgan fingerprint density at radius 1 is 0.824 bits per heavy atom. The van der Waals surface area contributed by atoms with Crippen LogP contribution in [0.1, 0.15) is 30.5 Å². The molecule has 0 unspecified atom stereocenters. The minimum absolute atomic E-state index is 0. The van der Waals surface area contributed by atoms with Crippen LogP contribution in [0, 0.1) is 13.0 Å². The SMILES string of the molecule is Cc1ccc(C(C)(C)c2cc[c-]cc2)cc1.[Y]. The summed E-state index contributed by atoms with van der Waals surface area (Å²) in [4.78, 5) is 0. The maximum absolute atomic E-state index is 3.07. The molecule has 0 heterocycles. The minimum atomic E-state index is 0. The van der Waals surface area contributed by atoms with Gasteiger partial charge in [-0.05, 0) is 17.9 Å². The van der Waals surface area contributed by atoms with Crippen molar-refractivity contribution in [1.82, 2.24) is 0 Å². The molecule has 17 heavy (non-hydrogen) atoms. The number of hydrogen-bond donors (Lipinski definition) is 0. The molecule has 1 radical (unpaired) electrons. The Morgan fingerprint density at radius 3 is 1.82 bits per heavy atom. The van der Waals surface area contributed by atoms with Crippen LogP contribution in [-0.4, -0.2) is 0 Å². The van der Waals surface area contributed by atoms with Crippen LogP contribution in [0.15, 0.2) is 48.5 Å². The minimum Gasteiger partial charge on any atom is -0.184 e. The molecule has 0 nitrogen and oxygen atoms in total. The summed E-state index contributed by atoms with van der Waals surface area (Å²) in [6, 6.07) is 20.1. The molecule has 0 saturated carbocycles. The van der Waals surface area contributed by atoms with E-state index in [1.807, 2.05) is 12.1 Å². The Hall–Kier alpha value is -0.456. The van der Waals surface area contributed by atoms with E-state index >= 15 is 0 Å². The van der Waals surface area contributed by atoms with Crippen LogP contribution < -0.4 is 0 Å². The third kappa shape index (κ3) is 3.27. The summed E-state index contributed by atoms with van der Waals surface area (Å²) in [5.74, 6) is 0. The van der Waals surface area contributed by atoms with Crippen LogP contribution in [0.4, 0.5) is 0 Å². The quantitative estimate of drug-likeness (QED) is 0.732. The van der Waals surface area contributed by atoms with E-state index in [9.17, 15) is 0 Å². The molecule has 85 valence electrons. The van der Waals surface area contributed by atoms with E-state index < -0.39 is 0 Å². The zero-order valence-corrected chi connectivity index (χ0v) is 13.5. The number of aryl methyl sites for hydroxylation is 1. The number of hydrogen-bond acceptors (Lipinski definition) is 0. The van der Waals surface area contributed by atoms with Gasteiger partial charge in [-0.25, -0.2) is 0 Å². The Labute approximate surface area is 129 Å². The molecule has 0 bridgehead atoms. The van der Waals surface area contributed by atoms with Gasteiger partial charge in [0.05, 0.1) is 0 Å². The van der Waals surface area contributed by atoms with E-state index in [-0.39, 0.29) is 38.1 Å². The first-order valence-electron chi connectivity index (χ1n) is 5.64. The fourth-order valence-electron chi connectivity index (χ4n) is 1.94. The molecule has 2 rings (SSSR count). The predicted molar refractivity (Wildman–Crippen MR) is 68.6 cm³/mol. The van der Waals surface area contributed by atoms with Crippen molar-refractivity contribution in [2.24, 2.45) is 0 Å². The summed E-state index contributed by atoms with van der Waals surface area (Å²) < 4.78 is 0. The fourth-order valence-corrected chi connectivity index (χ4v) is 1.94. The van der Waals surface area contributed by atoms with E-state index in [0.717, 1.165) is 0 Å². The summed E-state index contributed by atoms with van der Waals surface area (Å²) >= 11 is 0. The third-order valence-electron chi connectivity index (χ3n) is 3.21. The van der Waals surface area contributed by atoms with Crippen molar-refractivity contribution in [2.75, 3.05) is 0 Å². The molecule has 0 saturated heterocycles. The van der Waals surface area contributed by atoms with Gasteiger partial charge in [0.2, 0.25) is 0 Å². The second-order valence-electron chi connectivity index (χ2n) is 4.78. The van der Waals surface area contributed by atoms with Crippen LogP contribution >= 0.6 is 0 Å². The predicted octanol–water partition coefficient (Wildman–Crippen LogP) is 4.12. The van der Waals surface area contributed by atoms with E-state index in [2.05, 4.69) is 63.2 Å². The maximum Gasteiger partial charge on any atom is 0 e. The monoisotopic (exact) mass is 298 g/mol. The first-order valence-corrected chi connectivity index (χ1v) is 5.64. The molecule has 0 aliphatic carbocycles. The summed E-state index contributed by atoms with van der Waals surface area (Å²) in [6.45, 7) is 6.63. The van der Waals surface area contributed by atoms with Gasteiger partial charge in [0.1, 0.15) is 0 Å². The molecule has 0 N–H and O–H groups in total. The molecule has 0 amide bonds. The van der Waals surface area contributed by atoms with Gasteiger partial charge < -0.3 is 0 Å². The largest absolute Gasteiger partial charge is 0.184 e. The van der Waals surface area contributed by atoms with Gasteiger partial charge in [-0.15, -0.1) is 5.56 Å². The van der Waals surface area contributed by atoms with E-state index in [1.54, 1.807) is 0 Å². The standard InChI is InChI=1S/C16H17.Y/c1-13-9-11-15(12-10-13)16(2,3)14-7-5-4-6-8-14;/h5-12H,1-3H3;/q-1;. The average Bonchev–Trinajstić information content (AvgIpc) is 2.31. The molecule has 0 atom stereocenters. The van der Waals surface area contributed by atoms with Crippen molar-refractivity contribution in [2.45, 2.75) is 26.2 Å². The van der Waals surface area contributed by atoms with Gasteiger partial charge in [-0.3, -0.25) is 0 Å². The van der Waals surface area contributed by atoms with Crippen molar-refractivity contribution in [3.8, 4) is 0 Å². The molecule has 0 fully saturated rings. The number of rotatable bonds is 2. The van der Waals surface area contributed by atoms with Crippen molar-refractivity contribution in [3.63, 3.8) is 0 Å². The molecule has 0 aliphatic rings. The van der Waals surface area contributed by atoms with Gasteiger partial charge >= 0.3 is 0 Å². The molecular formula is C16H17Y-. The van der Waals surface area contributed by atoms with E-state index in [1.165, 1.54) is 16.7 Å². The van der Waals surface area contributed by atoms with Gasteiger partial charge in [-0.1, -0.05) is 43.7 Å². The second kappa shape index (κ2) is 5.93. The van der Waals surface area contributed by atoms with E-state index in [0.29, 0.717) is 0 Å². The zero-order chi connectivity index (χ0) is 11.6. The molecule has 0 aliphatic heterocycles. The first-order chi connectivity index (χ1) is 7.60. The molecule has 0 aromatic heterocycles. The van der Waals surface area contributed by atoms with Crippen molar-refractivity contribution < 1.29 is 32.7 Å². The van der Waals surface area contributed by atoms with Crippen molar-refractivity contribution >= 4 is 0 Å². The Balaban J connectivity index is 0.00000144. The summed E-state index contributed by atoms with van der Waals surface area (Å²) in [5, 5.41) is 0. The Morgan fingerprint density at radius 2 is 1.29 bits per heavy atom. The molecule has 2 aromatic carbocycles. The normalized spacial score (nSPS) is 10.8. The zero-order valence-electron chi connectivity index (χ0n) is 10.7. The summed E-state index contributed by atoms with van der Waals surface area (Å²) in [5.41, 5.74) is 4.04. The summed E-state index contributed by atoms with van der Waals surface area (Å²) in [7, 11) is 0. The Bertz CT molecular complexity index is 455. The smallest absolute Gasteiger partial charge is 0 e. The van der Waals surface area contributed by atoms with Crippen LogP contribution in [-0.2, 0) is 38.1 Å². The van der Waals surface area contributed by atoms with Crippen LogP contribution in [0.25, 0.3) is 0 Å².